The summed E-state index contributed by atoms with van der Waals surface area (Å²) in [7, 11) is 1.64. The first-order valence-electron chi connectivity index (χ1n) is 8.65. The van der Waals surface area contributed by atoms with E-state index in [1.165, 1.54) is 0 Å². The van der Waals surface area contributed by atoms with Crippen molar-refractivity contribution in [3.8, 4) is 17.1 Å². The highest BCUT2D eigenvalue weighted by atomic mass is 35.5. The van der Waals surface area contributed by atoms with E-state index in [0.717, 1.165) is 34.7 Å². The maximum Gasteiger partial charge on any atom is 0.277 e. The zero-order chi connectivity index (χ0) is 19.0. The molecule has 136 valence electrons. The number of benzene rings is 2. The van der Waals surface area contributed by atoms with E-state index in [4.69, 9.17) is 16.3 Å². The Morgan fingerprint density at radius 1 is 1.11 bits per heavy atom. The molecule has 1 aliphatic rings. The summed E-state index contributed by atoms with van der Waals surface area (Å²) in [6.45, 7) is 2.49. The molecule has 0 saturated heterocycles. The van der Waals surface area contributed by atoms with Crippen LogP contribution in [-0.4, -0.2) is 29.5 Å². The SMILES string of the molecule is COc1ccc2c(c1)CCN2C(=O)c1cc(C)nc(-c2ccc(Cl)cc2)n1. The average Bonchev–Trinajstić information content (AvgIpc) is 3.10. The van der Waals surface area contributed by atoms with E-state index in [2.05, 4.69) is 9.97 Å². The first kappa shape index (κ1) is 17.5. The molecule has 0 fully saturated rings. The fraction of sp³-hybridized carbons (Fsp3) is 0.190. The van der Waals surface area contributed by atoms with E-state index in [1.54, 1.807) is 30.2 Å². The van der Waals surface area contributed by atoms with Crippen LogP contribution in [0.25, 0.3) is 11.4 Å². The van der Waals surface area contributed by atoms with Gasteiger partial charge in [-0.05, 0) is 67.4 Å². The maximum atomic E-state index is 13.1. The van der Waals surface area contributed by atoms with Gasteiger partial charge in [0.15, 0.2) is 5.82 Å². The third-order valence-electron chi connectivity index (χ3n) is 4.60. The third-order valence-corrected chi connectivity index (χ3v) is 4.86. The molecule has 1 amide bonds. The van der Waals surface area contributed by atoms with Gasteiger partial charge in [0.05, 0.1) is 7.11 Å². The number of carbonyl (C=O) groups excluding carboxylic acids is 1. The molecular formula is C21H18ClN3O2. The summed E-state index contributed by atoms with van der Waals surface area (Å²) in [4.78, 5) is 23.9. The summed E-state index contributed by atoms with van der Waals surface area (Å²) in [6.07, 6.45) is 0.798. The topological polar surface area (TPSA) is 55.3 Å². The van der Waals surface area contributed by atoms with Crippen LogP contribution in [0.4, 0.5) is 5.69 Å². The van der Waals surface area contributed by atoms with Crippen molar-refractivity contribution < 1.29 is 9.53 Å². The molecule has 0 spiro atoms. The highest BCUT2D eigenvalue weighted by Gasteiger charge is 2.27. The second-order valence-electron chi connectivity index (χ2n) is 6.43. The fourth-order valence-electron chi connectivity index (χ4n) is 3.26. The lowest BCUT2D eigenvalue weighted by molar-refractivity contribution is 0.0984. The molecule has 0 atom stereocenters. The Morgan fingerprint density at radius 3 is 2.63 bits per heavy atom. The van der Waals surface area contributed by atoms with Crippen molar-refractivity contribution in [1.29, 1.82) is 0 Å². The normalized spacial score (nSPS) is 12.8. The molecule has 1 aromatic heterocycles. The van der Waals surface area contributed by atoms with Gasteiger partial charge in [0.2, 0.25) is 0 Å². The predicted molar refractivity (Wildman–Crippen MR) is 106 cm³/mol. The van der Waals surface area contributed by atoms with E-state index in [1.807, 2.05) is 37.3 Å². The average molecular weight is 380 g/mol. The zero-order valence-electron chi connectivity index (χ0n) is 15.1. The second kappa shape index (κ2) is 7.00. The highest BCUT2D eigenvalue weighted by Crippen LogP contribution is 2.32. The maximum absolute atomic E-state index is 13.1. The Balaban J connectivity index is 1.68. The molecule has 0 N–H and O–H groups in total. The van der Waals surface area contributed by atoms with Crippen LogP contribution in [0, 0.1) is 6.92 Å². The van der Waals surface area contributed by atoms with Gasteiger partial charge in [-0.3, -0.25) is 4.79 Å². The molecule has 6 heteroatoms. The van der Waals surface area contributed by atoms with Crippen molar-refractivity contribution in [3.63, 3.8) is 0 Å². The summed E-state index contributed by atoms with van der Waals surface area (Å²) in [5.41, 5.74) is 3.96. The van der Waals surface area contributed by atoms with Gasteiger partial charge in [-0.2, -0.15) is 0 Å². The molecule has 27 heavy (non-hydrogen) atoms. The van der Waals surface area contributed by atoms with E-state index >= 15 is 0 Å². The number of amides is 1. The Bertz CT molecular complexity index is 1020. The Morgan fingerprint density at radius 2 is 1.89 bits per heavy atom. The van der Waals surface area contributed by atoms with Crippen molar-refractivity contribution >= 4 is 23.2 Å². The van der Waals surface area contributed by atoms with Crippen LogP contribution >= 0.6 is 11.6 Å². The number of methoxy groups -OCH3 is 1. The minimum Gasteiger partial charge on any atom is -0.497 e. The van der Waals surface area contributed by atoms with Gasteiger partial charge >= 0.3 is 0 Å². The Kier molecular flexibility index (Phi) is 4.54. The number of aromatic nitrogens is 2. The van der Waals surface area contributed by atoms with Gasteiger partial charge < -0.3 is 9.64 Å². The van der Waals surface area contributed by atoms with Crippen LogP contribution in [-0.2, 0) is 6.42 Å². The van der Waals surface area contributed by atoms with Crippen LogP contribution < -0.4 is 9.64 Å². The smallest absolute Gasteiger partial charge is 0.277 e. The number of halogens is 1. The lowest BCUT2D eigenvalue weighted by Crippen LogP contribution is -2.30. The van der Waals surface area contributed by atoms with Crippen LogP contribution in [0.15, 0.2) is 48.5 Å². The predicted octanol–water partition coefficient (Wildman–Crippen LogP) is 4.32. The van der Waals surface area contributed by atoms with Gasteiger partial charge in [-0.15, -0.1) is 0 Å². The molecule has 0 bridgehead atoms. The number of nitrogens with zero attached hydrogens (tertiary/aromatic N) is 3. The molecule has 3 aromatic rings. The molecule has 0 aliphatic carbocycles. The van der Waals surface area contributed by atoms with Crippen molar-refractivity contribution in [3.05, 3.63) is 70.5 Å². The second-order valence-corrected chi connectivity index (χ2v) is 6.86. The third kappa shape index (κ3) is 3.38. The summed E-state index contributed by atoms with van der Waals surface area (Å²) >= 11 is 5.96. The highest BCUT2D eigenvalue weighted by molar-refractivity contribution is 6.30. The number of hydrogen-bond acceptors (Lipinski definition) is 4. The van der Waals surface area contributed by atoms with E-state index < -0.39 is 0 Å². The molecule has 0 saturated carbocycles. The first-order chi connectivity index (χ1) is 13.0. The number of fused-ring (bicyclic) bond motifs is 1. The molecule has 1 aliphatic heterocycles. The summed E-state index contributed by atoms with van der Waals surface area (Å²) in [6, 6.07) is 14.8. The number of rotatable bonds is 3. The van der Waals surface area contributed by atoms with Crippen LogP contribution in [0.1, 0.15) is 21.7 Å². The zero-order valence-corrected chi connectivity index (χ0v) is 15.8. The van der Waals surface area contributed by atoms with Gasteiger partial charge in [0.1, 0.15) is 11.4 Å². The summed E-state index contributed by atoms with van der Waals surface area (Å²) in [5, 5.41) is 0.645. The van der Waals surface area contributed by atoms with E-state index in [9.17, 15) is 4.79 Å². The van der Waals surface area contributed by atoms with Crippen molar-refractivity contribution in [2.45, 2.75) is 13.3 Å². The monoisotopic (exact) mass is 379 g/mol. The lowest BCUT2D eigenvalue weighted by atomic mass is 10.1. The molecule has 2 aromatic carbocycles. The minimum absolute atomic E-state index is 0.125. The van der Waals surface area contributed by atoms with Crippen molar-refractivity contribution in [2.75, 3.05) is 18.6 Å². The largest absolute Gasteiger partial charge is 0.497 e. The Hall–Kier alpha value is -2.92. The molecule has 0 radical (unpaired) electrons. The number of ether oxygens (including phenoxy) is 1. The van der Waals surface area contributed by atoms with Gasteiger partial charge in [0.25, 0.3) is 5.91 Å². The van der Waals surface area contributed by atoms with E-state index in [-0.39, 0.29) is 5.91 Å². The number of hydrogen-bond donors (Lipinski definition) is 0. The molecule has 5 nitrogen and oxygen atoms in total. The number of anilines is 1. The van der Waals surface area contributed by atoms with Crippen LogP contribution in [0.5, 0.6) is 5.75 Å². The van der Waals surface area contributed by atoms with Gasteiger partial charge in [-0.25, -0.2) is 9.97 Å². The molecular weight excluding hydrogens is 362 g/mol. The van der Waals surface area contributed by atoms with Crippen molar-refractivity contribution in [1.82, 2.24) is 9.97 Å². The lowest BCUT2D eigenvalue weighted by Gasteiger charge is -2.17. The minimum atomic E-state index is -0.125. The quantitative estimate of drug-likeness (QED) is 0.680. The van der Waals surface area contributed by atoms with Crippen LogP contribution in [0.2, 0.25) is 5.02 Å². The molecule has 4 rings (SSSR count). The summed E-state index contributed by atoms with van der Waals surface area (Å²) < 4.78 is 5.28. The van der Waals surface area contributed by atoms with E-state index in [0.29, 0.717) is 23.1 Å². The Labute approximate surface area is 162 Å². The van der Waals surface area contributed by atoms with Gasteiger partial charge in [0, 0.05) is 28.5 Å². The number of aryl methyl sites for hydroxylation is 1. The number of carbonyl (C=O) groups is 1. The summed E-state index contributed by atoms with van der Waals surface area (Å²) in [5.74, 6) is 1.19. The van der Waals surface area contributed by atoms with Crippen molar-refractivity contribution in [2.24, 2.45) is 0 Å². The van der Waals surface area contributed by atoms with Gasteiger partial charge in [-0.1, -0.05) is 11.6 Å². The fourth-order valence-corrected chi connectivity index (χ4v) is 3.39. The molecule has 2 heterocycles. The van der Waals surface area contributed by atoms with Crippen LogP contribution in [0.3, 0.4) is 0 Å². The standard InChI is InChI=1S/C21H18ClN3O2/c1-13-11-18(24-20(23-13)14-3-5-16(22)6-4-14)21(26)25-10-9-15-12-17(27-2)7-8-19(15)25/h3-8,11-12H,9-10H2,1-2H3. The molecule has 0 unspecified atom stereocenters. The first-order valence-corrected chi connectivity index (χ1v) is 9.03.